The maximum absolute atomic E-state index is 12.1. The largest absolute Gasteiger partial charge is 0.504 e. The number of carbonyl (C=O) groups excluding carboxylic acids is 1. The second-order valence-corrected chi connectivity index (χ2v) is 5.04. The zero-order chi connectivity index (χ0) is 13.1. The SMILES string of the molecule is CN(CC1CCCC1)C(=O)c1ccc(O)c(O)c1. The highest BCUT2D eigenvalue weighted by Gasteiger charge is 2.20. The first-order valence-electron chi connectivity index (χ1n) is 6.35. The molecule has 1 fully saturated rings. The summed E-state index contributed by atoms with van der Waals surface area (Å²) in [7, 11) is 1.78. The fraction of sp³-hybridized carbons (Fsp3) is 0.500. The van der Waals surface area contributed by atoms with Crippen LogP contribution >= 0.6 is 0 Å². The molecular formula is C14H19NO3. The van der Waals surface area contributed by atoms with Gasteiger partial charge in [-0.1, -0.05) is 12.8 Å². The lowest BCUT2D eigenvalue weighted by atomic mass is 10.1. The second kappa shape index (κ2) is 5.29. The number of nitrogens with zero attached hydrogens (tertiary/aromatic N) is 1. The van der Waals surface area contributed by atoms with Crippen molar-refractivity contribution in [1.29, 1.82) is 0 Å². The third-order valence-corrected chi connectivity index (χ3v) is 3.58. The van der Waals surface area contributed by atoms with E-state index in [0.29, 0.717) is 11.5 Å². The average Bonchev–Trinajstić information content (AvgIpc) is 2.84. The van der Waals surface area contributed by atoms with Crippen molar-refractivity contribution in [3.8, 4) is 11.5 Å². The van der Waals surface area contributed by atoms with Gasteiger partial charge < -0.3 is 15.1 Å². The van der Waals surface area contributed by atoms with Gasteiger partial charge in [-0.3, -0.25) is 4.79 Å². The van der Waals surface area contributed by atoms with Gasteiger partial charge in [0.05, 0.1) is 0 Å². The molecule has 1 aliphatic rings. The van der Waals surface area contributed by atoms with Gasteiger partial charge in [-0.15, -0.1) is 0 Å². The molecule has 0 aliphatic heterocycles. The van der Waals surface area contributed by atoms with Crippen LogP contribution in [0.15, 0.2) is 18.2 Å². The number of amides is 1. The van der Waals surface area contributed by atoms with Crippen molar-refractivity contribution in [3.05, 3.63) is 23.8 Å². The molecule has 0 bridgehead atoms. The first kappa shape index (κ1) is 12.7. The van der Waals surface area contributed by atoms with Crippen LogP contribution in [0.5, 0.6) is 11.5 Å². The first-order valence-corrected chi connectivity index (χ1v) is 6.35. The maximum Gasteiger partial charge on any atom is 0.253 e. The summed E-state index contributed by atoms with van der Waals surface area (Å²) in [5.74, 6) is 0.0296. The number of aromatic hydroxyl groups is 2. The third kappa shape index (κ3) is 2.75. The van der Waals surface area contributed by atoms with Gasteiger partial charge in [0.2, 0.25) is 0 Å². The molecular weight excluding hydrogens is 230 g/mol. The minimum absolute atomic E-state index is 0.114. The Bertz CT molecular complexity index is 439. The lowest BCUT2D eigenvalue weighted by molar-refractivity contribution is 0.0773. The van der Waals surface area contributed by atoms with E-state index in [-0.39, 0.29) is 17.4 Å². The van der Waals surface area contributed by atoms with Crippen molar-refractivity contribution in [2.75, 3.05) is 13.6 Å². The molecule has 1 aromatic rings. The molecule has 1 amide bonds. The van der Waals surface area contributed by atoms with E-state index in [1.807, 2.05) is 0 Å². The van der Waals surface area contributed by atoms with E-state index in [1.165, 1.54) is 43.9 Å². The van der Waals surface area contributed by atoms with Crippen molar-refractivity contribution >= 4 is 5.91 Å². The number of phenolic OH excluding ortho intramolecular Hbond substituents is 2. The van der Waals surface area contributed by atoms with Crippen LogP contribution in [0.4, 0.5) is 0 Å². The summed E-state index contributed by atoms with van der Waals surface area (Å²) in [6, 6.07) is 4.18. The monoisotopic (exact) mass is 249 g/mol. The predicted molar refractivity (Wildman–Crippen MR) is 68.7 cm³/mol. The van der Waals surface area contributed by atoms with E-state index in [0.717, 1.165) is 6.54 Å². The number of rotatable bonds is 3. The lowest BCUT2D eigenvalue weighted by Gasteiger charge is -2.21. The zero-order valence-electron chi connectivity index (χ0n) is 10.6. The lowest BCUT2D eigenvalue weighted by Crippen LogP contribution is -2.31. The number of phenols is 2. The molecule has 4 nitrogen and oxygen atoms in total. The van der Waals surface area contributed by atoms with Gasteiger partial charge in [0.25, 0.3) is 5.91 Å². The summed E-state index contributed by atoms with van der Waals surface area (Å²) in [4.78, 5) is 13.8. The zero-order valence-corrected chi connectivity index (χ0v) is 10.6. The summed E-state index contributed by atoms with van der Waals surface area (Å²) in [6.07, 6.45) is 4.90. The molecule has 0 radical (unpaired) electrons. The Morgan fingerprint density at radius 1 is 1.28 bits per heavy atom. The Labute approximate surface area is 107 Å². The minimum Gasteiger partial charge on any atom is -0.504 e. The molecule has 0 spiro atoms. The van der Waals surface area contributed by atoms with E-state index in [9.17, 15) is 15.0 Å². The van der Waals surface area contributed by atoms with Gasteiger partial charge in [0.15, 0.2) is 11.5 Å². The highest BCUT2D eigenvalue weighted by atomic mass is 16.3. The standard InChI is InChI=1S/C14H19NO3/c1-15(9-10-4-2-3-5-10)14(18)11-6-7-12(16)13(17)8-11/h6-8,10,16-17H,2-5,9H2,1H3. The molecule has 2 rings (SSSR count). The predicted octanol–water partition coefficient (Wildman–Crippen LogP) is 2.36. The number of carbonyl (C=O) groups is 1. The van der Waals surface area contributed by atoms with Crippen LogP contribution in [0.25, 0.3) is 0 Å². The Hall–Kier alpha value is -1.71. The quantitative estimate of drug-likeness (QED) is 0.808. The smallest absolute Gasteiger partial charge is 0.253 e. The third-order valence-electron chi connectivity index (χ3n) is 3.58. The number of benzene rings is 1. The Morgan fingerprint density at radius 2 is 1.94 bits per heavy atom. The maximum atomic E-state index is 12.1. The van der Waals surface area contributed by atoms with Crippen LogP contribution < -0.4 is 0 Å². The Morgan fingerprint density at radius 3 is 2.56 bits per heavy atom. The molecule has 0 heterocycles. The van der Waals surface area contributed by atoms with Crippen LogP contribution in [0.3, 0.4) is 0 Å². The summed E-state index contributed by atoms with van der Waals surface area (Å²) in [6.45, 7) is 0.764. The van der Waals surface area contributed by atoms with Crippen LogP contribution in [-0.2, 0) is 0 Å². The van der Waals surface area contributed by atoms with E-state index in [1.54, 1.807) is 11.9 Å². The molecule has 2 N–H and O–H groups in total. The Balaban J connectivity index is 2.02. The minimum atomic E-state index is -0.255. The molecule has 0 saturated heterocycles. The molecule has 18 heavy (non-hydrogen) atoms. The van der Waals surface area contributed by atoms with E-state index in [2.05, 4.69) is 0 Å². The van der Waals surface area contributed by atoms with Gasteiger partial charge in [0, 0.05) is 19.2 Å². The van der Waals surface area contributed by atoms with Crippen LogP contribution in [0, 0.1) is 5.92 Å². The summed E-state index contributed by atoms with van der Waals surface area (Å²) < 4.78 is 0. The molecule has 0 aromatic heterocycles. The molecule has 0 unspecified atom stereocenters. The van der Waals surface area contributed by atoms with Crippen molar-refractivity contribution < 1.29 is 15.0 Å². The van der Waals surface area contributed by atoms with Crippen molar-refractivity contribution in [2.24, 2.45) is 5.92 Å². The van der Waals surface area contributed by atoms with E-state index < -0.39 is 0 Å². The van der Waals surface area contributed by atoms with Gasteiger partial charge >= 0.3 is 0 Å². The van der Waals surface area contributed by atoms with E-state index >= 15 is 0 Å². The summed E-state index contributed by atoms with van der Waals surface area (Å²) >= 11 is 0. The van der Waals surface area contributed by atoms with Gasteiger partial charge in [-0.2, -0.15) is 0 Å². The highest BCUT2D eigenvalue weighted by molar-refractivity contribution is 5.94. The van der Waals surface area contributed by atoms with Crippen LogP contribution in [-0.4, -0.2) is 34.6 Å². The Kier molecular flexibility index (Phi) is 3.75. The van der Waals surface area contributed by atoms with Crippen LogP contribution in [0.1, 0.15) is 36.0 Å². The fourth-order valence-electron chi connectivity index (χ4n) is 2.54. The highest BCUT2D eigenvalue weighted by Crippen LogP contribution is 2.27. The van der Waals surface area contributed by atoms with Crippen molar-refractivity contribution in [1.82, 2.24) is 4.90 Å². The van der Waals surface area contributed by atoms with Gasteiger partial charge in [-0.25, -0.2) is 0 Å². The molecule has 1 aliphatic carbocycles. The molecule has 1 saturated carbocycles. The van der Waals surface area contributed by atoms with Gasteiger partial charge in [0.1, 0.15) is 0 Å². The topological polar surface area (TPSA) is 60.8 Å². The first-order chi connectivity index (χ1) is 8.58. The van der Waals surface area contributed by atoms with Crippen LogP contribution in [0.2, 0.25) is 0 Å². The normalized spacial score (nSPS) is 15.8. The fourth-order valence-corrected chi connectivity index (χ4v) is 2.54. The summed E-state index contributed by atoms with van der Waals surface area (Å²) in [5.41, 5.74) is 0.408. The summed E-state index contributed by atoms with van der Waals surface area (Å²) in [5, 5.41) is 18.6. The molecule has 0 atom stereocenters. The molecule has 98 valence electrons. The van der Waals surface area contributed by atoms with Crippen molar-refractivity contribution in [2.45, 2.75) is 25.7 Å². The number of hydrogen-bond acceptors (Lipinski definition) is 3. The second-order valence-electron chi connectivity index (χ2n) is 5.04. The van der Waals surface area contributed by atoms with Crippen molar-refractivity contribution in [3.63, 3.8) is 0 Å². The van der Waals surface area contributed by atoms with Gasteiger partial charge in [-0.05, 0) is 37.0 Å². The molecule has 1 aromatic carbocycles. The number of hydrogen-bond donors (Lipinski definition) is 2. The molecule has 4 heteroatoms. The average molecular weight is 249 g/mol. The van der Waals surface area contributed by atoms with E-state index in [4.69, 9.17) is 0 Å².